The molecule has 0 fully saturated rings. The zero-order valence-electron chi connectivity index (χ0n) is 27.2. The van der Waals surface area contributed by atoms with E-state index in [1.165, 1.54) is 27.9 Å². The van der Waals surface area contributed by atoms with Gasteiger partial charge in [0.15, 0.2) is 0 Å². The van der Waals surface area contributed by atoms with Crippen LogP contribution in [0.2, 0.25) is 0 Å². The smallest absolute Gasteiger partial charge is 0.141 e. The number of aromatic hydroxyl groups is 1. The summed E-state index contributed by atoms with van der Waals surface area (Å²) in [6, 6.07) is 42.8. The summed E-state index contributed by atoms with van der Waals surface area (Å²) in [5, 5.41) is 15.4. The molecule has 0 aliphatic rings. The molecule has 7 aromatic rings. The first-order valence-corrected chi connectivity index (χ1v) is 15.9. The van der Waals surface area contributed by atoms with Gasteiger partial charge in [-0.15, -0.1) is 24.3 Å². The van der Waals surface area contributed by atoms with Gasteiger partial charge in [-0.25, -0.2) is 9.78 Å². The number of hydrogen-bond acceptors (Lipinski definition) is 3. The van der Waals surface area contributed by atoms with Crippen LogP contribution in [0.4, 0.5) is 0 Å². The minimum atomic E-state index is 0. The van der Waals surface area contributed by atoms with Crippen LogP contribution < -0.4 is 0 Å². The first-order chi connectivity index (χ1) is 22.3. The van der Waals surface area contributed by atoms with Gasteiger partial charge < -0.3 is 9.67 Å². The topological polar surface area (TPSA) is 55.9 Å². The van der Waals surface area contributed by atoms with E-state index < -0.39 is 0 Å². The molecule has 47 heavy (non-hydrogen) atoms. The molecule has 0 saturated carbocycles. The maximum Gasteiger partial charge on any atom is 0.141 e. The van der Waals surface area contributed by atoms with E-state index in [-0.39, 0.29) is 38.7 Å². The Hall–Kier alpha value is -4.73. The zero-order chi connectivity index (χ0) is 31.9. The van der Waals surface area contributed by atoms with Gasteiger partial charge in [-0.3, -0.25) is 4.98 Å². The van der Waals surface area contributed by atoms with Crippen LogP contribution in [0.5, 0.6) is 5.75 Å². The number of imidazole rings is 1. The molecule has 0 radical (unpaired) electrons. The SMILES string of the molecule is Cc1cc(-c2[c-]c(-c3nc4ccccc4n3-c3c(C(C)C)cc(-c4ccccc4)cc3C(C)C)ccc2)nn1-c1ccccc1O.[Pt]. The summed E-state index contributed by atoms with van der Waals surface area (Å²) in [5.74, 6) is 1.59. The number of nitrogens with zero attached hydrogens (tertiary/aromatic N) is 4. The van der Waals surface area contributed by atoms with Gasteiger partial charge in [-0.05, 0) is 83.5 Å². The molecular weight excluding hydrogens is 760 g/mol. The summed E-state index contributed by atoms with van der Waals surface area (Å²) in [7, 11) is 0. The summed E-state index contributed by atoms with van der Waals surface area (Å²) in [5.41, 5.74) is 12.3. The van der Waals surface area contributed by atoms with Crippen molar-refractivity contribution in [2.45, 2.75) is 46.5 Å². The fraction of sp³-hybridized carbons (Fsp3) is 0.171. The van der Waals surface area contributed by atoms with Crippen LogP contribution in [-0.4, -0.2) is 24.4 Å². The van der Waals surface area contributed by atoms with Crippen molar-refractivity contribution < 1.29 is 26.2 Å². The molecule has 5 nitrogen and oxygen atoms in total. The van der Waals surface area contributed by atoms with Crippen LogP contribution in [0.3, 0.4) is 0 Å². The standard InChI is InChI=1S/C41H37N4O.Pt/c1-26(2)33-24-32(29-14-7-6-8-15-29)25-34(27(3)4)40(33)44-37-19-10-9-18-35(37)42-41(44)31-17-13-16-30(23-31)36-22-28(5)45(43-36)38-20-11-12-21-39(38)46;/h6-22,24-27,46H,1-5H3;/q-1;. The third-order valence-electron chi connectivity index (χ3n) is 8.61. The predicted octanol–water partition coefficient (Wildman–Crippen LogP) is 10.3. The van der Waals surface area contributed by atoms with E-state index in [1.54, 1.807) is 10.7 Å². The third-order valence-corrected chi connectivity index (χ3v) is 8.61. The number of fused-ring (bicyclic) bond motifs is 1. The second-order valence-electron chi connectivity index (χ2n) is 12.5. The van der Waals surface area contributed by atoms with E-state index in [4.69, 9.17) is 10.1 Å². The van der Waals surface area contributed by atoms with Crippen molar-refractivity contribution in [3.63, 3.8) is 0 Å². The molecule has 0 unspecified atom stereocenters. The predicted molar refractivity (Wildman–Crippen MR) is 188 cm³/mol. The molecule has 238 valence electrons. The molecular formula is C41H37N4OPt-. The molecule has 0 aliphatic heterocycles. The molecule has 2 aromatic heterocycles. The van der Waals surface area contributed by atoms with Crippen molar-refractivity contribution in [2.24, 2.45) is 0 Å². The molecule has 0 aliphatic carbocycles. The Morgan fingerprint density at radius 3 is 2.02 bits per heavy atom. The van der Waals surface area contributed by atoms with Crippen molar-refractivity contribution in [3.8, 4) is 50.9 Å². The van der Waals surface area contributed by atoms with Crippen molar-refractivity contribution >= 4 is 11.0 Å². The van der Waals surface area contributed by atoms with Crippen LogP contribution in [0, 0.1) is 13.0 Å². The quantitative estimate of drug-likeness (QED) is 0.164. The van der Waals surface area contributed by atoms with Crippen molar-refractivity contribution in [1.29, 1.82) is 0 Å². The number of hydrogen-bond donors (Lipinski definition) is 1. The summed E-state index contributed by atoms with van der Waals surface area (Å²) in [6.07, 6.45) is 0. The molecule has 0 amide bonds. The molecule has 0 saturated heterocycles. The molecule has 6 heteroatoms. The second kappa shape index (κ2) is 13.2. The van der Waals surface area contributed by atoms with Crippen molar-refractivity contribution in [2.75, 3.05) is 0 Å². The summed E-state index contributed by atoms with van der Waals surface area (Å²) in [4.78, 5) is 5.23. The van der Waals surface area contributed by atoms with E-state index in [0.717, 1.165) is 39.4 Å². The Morgan fingerprint density at radius 2 is 1.32 bits per heavy atom. The van der Waals surface area contributed by atoms with Gasteiger partial charge in [0.05, 0.1) is 16.9 Å². The monoisotopic (exact) mass is 796 g/mol. The maximum absolute atomic E-state index is 10.5. The first-order valence-electron chi connectivity index (χ1n) is 15.9. The number of phenols is 1. The zero-order valence-corrected chi connectivity index (χ0v) is 29.4. The number of aromatic nitrogens is 4. The first kappa shape index (κ1) is 32.2. The number of aryl methyl sites for hydroxylation is 1. The minimum absolute atomic E-state index is 0. The van der Waals surface area contributed by atoms with Gasteiger partial charge in [-0.2, -0.15) is 0 Å². The van der Waals surface area contributed by atoms with Crippen molar-refractivity contribution in [3.05, 3.63) is 138 Å². The Bertz CT molecular complexity index is 2160. The summed E-state index contributed by atoms with van der Waals surface area (Å²) in [6.45, 7) is 11.1. The number of benzene rings is 5. The Kier molecular flexibility index (Phi) is 9.03. The summed E-state index contributed by atoms with van der Waals surface area (Å²) < 4.78 is 4.12. The largest absolute Gasteiger partial charge is 0.506 e. The minimum Gasteiger partial charge on any atom is -0.506 e. The van der Waals surface area contributed by atoms with E-state index >= 15 is 0 Å². The molecule has 2 heterocycles. The average molecular weight is 797 g/mol. The maximum atomic E-state index is 10.5. The number of rotatable bonds is 7. The average Bonchev–Trinajstić information content (AvgIpc) is 3.65. The van der Waals surface area contributed by atoms with Crippen LogP contribution >= 0.6 is 0 Å². The Balaban J connectivity index is 0.00000386. The Labute approximate surface area is 290 Å². The summed E-state index contributed by atoms with van der Waals surface area (Å²) >= 11 is 0. The third kappa shape index (κ3) is 5.97. The van der Waals surface area contributed by atoms with Gasteiger partial charge >= 0.3 is 0 Å². The van der Waals surface area contributed by atoms with Gasteiger partial charge in [0.2, 0.25) is 0 Å². The molecule has 0 bridgehead atoms. The van der Waals surface area contributed by atoms with Gasteiger partial charge in [0.1, 0.15) is 11.4 Å². The van der Waals surface area contributed by atoms with Crippen LogP contribution in [0.15, 0.2) is 115 Å². The Morgan fingerprint density at radius 1 is 0.681 bits per heavy atom. The number of phenolic OH excluding ortho intramolecular Hbond substituents is 1. The molecule has 5 aromatic carbocycles. The number of para-hydroxylation sites is 4. The van der Waals surface area contributed by atoms with Crippen LogP contribution in [-0.2, 0) is 21.1 Å². The molecule has 0 atom stereocenters. The van der Waals surface area contributed by atoms with E-state index in [2.05, 4.69) is 105 Å². The van der Waals surface area contributed by atoms with Crippen LogP contribution in [0.1, 0.15) is 56.4 Å². The fourth-order valence-corrected chi connectivity index (χ4v) is 6.29. The van der Waals surface area contributed by atoms with Gasteiger partial charge in [-0.1, -0.05) is 93.4 Å². The molecule has 7 rings (SSSR count). The fourth-order valence-electron chi connectivity index (χ4n) is 6.29. The molecule has 0 spiro atoms. The normalized spacial score (nSPS) is 11.4. The van der Waals surface area contributed by atoms with Crippen LogP contribution in [0.25, 0.3) is 56.2 Å². The van der Waals surface area contributed by atoms with E-state index in [9.17, 15) is 5.11 Å². The van der Waals surface area contributed by atoms with E-state index in [0.29, 0.717) is 5.69 Å². The second-order valence-corrected chi connectivity index (χ2v) is 12.5. The molecule has 1 N–H and O–H groups in total. The van der Waals surface area contributed by atoms with E-state index in [1.807, 2.05) is 49.4 Å². The van der Waals surface area contributed by atoms with Gasteiger partial charge in [0, 0.05) is 38.1 Å². The van der Waals surface area contributed by atoms with Crippen molar-refractivity contribution in [1.82, 2.24) is 19.3 Å². The van der Waals surface area contributed by atoms with Gasteiger partial charge in [0.25, 0.3) is 0 Å².